The third-order valence-electron chi connectivity index (χ3n) is 3.19. The first-order chi connectivity index (χ1) is 9.52. The number of hydrogen-bond donors (Lipinski definition) is 1. The molecule has 5 nitrogen and oxygen atoms in total. The van der Waals surface area contributed by atoms with E-state index in [9.17, 15) is 14.4 Å². The third-order valence-corrected chi connectivity index (χ3v) is 3.44. The lowest BCUT2D eigenvalue weighted by Gasteiger charge is -2.30. The van der Waals surface area contributed by atoms with Gasteiger partial charge >= 0.3 is 6.03 Å². The van der Waals surface area contributed by atoms with Crippen molar-refractivity contribution in [3.8, 4) is 0 Å². The lowest BCUT2D eigenvalue weighted by atomic mass is 9.99. The second-order valence-electron chi connectivity index (χ2n) is 4.69. The van der Waals surface area contributed by atoms with Crippen molar-refractivity contribution in [2.75, 3.05) is 0 Å². The average Bonchev–Trinajstić information content (AvgIpc) is 2.41. The van der Waals surface area contributed by atoms with Gasteiger partial charge in [0.1, 0.15) is 5.92 Å². The summed E-state index contributed by atoms with van der Waals surface area (Å²) in [5.74, 6) is -1.71. The van der Waals surface area contributed by atoms with Gasteiger partial charge in [0, 0.05) is 5.02 Å². The minimum absolute atomic E-state index is 0.134. The van der Waals surface area contributed by atoms with Gasteiger partial charge < -0.3 is 0 Å². The number of halogens is 1. The Morgan fingerprint density at radius 2 is 1.85 bits per heavy atom. The Hall–Kier alpha value is -1.88. The van der Waals surface area contributed by atoms with Gasteiger partial charge in [-0.2, -0.15) is 0 Å². The van der Waals surface area contributed by atoms with Gasteiger partial charge in [0.15, 0.2) is 0 Å². The zero-order valence-electron chi connectivity index (χ0n) is 11.1. The zero-order valence-corrected chi connectivity index (χ0v) is 11.8. The van der Waals surface area contributed by atoms with E-state index in [-0.39, 0.29) is 6.54 Å². The van der Waals surface area contributed by atoms with Gasteiger partial charge in [0.2, 0.25) is 11.8 Å². The molecule has 0 spiro atoms. The predicted octanol–water partition coefficient (Wildman–Crippen LogP) is 2.33. The lowest BCUT2D eigenvalue weighted by molar-refractivity contribution is -0.143. The highest BCUT2D eigenvalue weighted by Crippen LogP contribution is 2.19. The molecule has 0 aliphatic carbocycles. The summed E-state index contributed by atoms with van der Waals surface area (Å²) in [6, 6.07) is 6.21. The van der Waals surface area contributed by atoms with Crippen LogP contribution in [0.1, 0.15) is 25.3 Å². The van der Waals surface area contributed by atoms with Gasteiger partial charge in [-0.25, -0.2) is 4.79 Å². The molecule has 0 saturated carbocycles. The lowest BCUT2D eigenvalue weighted by Crippen LogP contribution is -2.57. The van der Waals surface area contributed by atoms with Gasteiger partial charge in [0.25, 0.3) is 0 Å². The Kier molecular flexibility index (Phi) is 4.39. The van der Waals surface area contributed by atoms with Crippen molar-refractivity contribution < 1.29 is 14.4 Å². The number of urea groups is 1. The first-order valence-corrected chi connectivity index (χ1v) is 6.81. The molecule has 106 valence electrons. The number of rotatable bonds is 4. The van der Waals surface area contributed by atoms with Crippen LogP contribution in [0.2, 0.25) is 5.02 Å². The monoisotopic (exact) mass is 294 g/mol. The van der Waals surface area contributed by atoms with E-state index in [2.05, 4.69) is 5.32 Å². The van der Waals surface area contributed by atoms with Crippen LogP contribution in [-0.4, -0.2) is 22.7 Å². The van der Waals surface area contributed by atoms with Crippen molar-refractivity contribution in [3.63, 3.8) is 0 Å². The Balaban J connectivity index is 2.16. The molecule has 1 unspecified atom stereocenters. The molecule has 2 rings (SSSR count). The SMILES string of the molecule is CCCC1C(=O)NC(=O)N(Cc2ccc(Cl)cc2)C1=O. The van der Waals surface area contributed by atoms with Crippen molar-refractivity contribution >= 4 is 29.4 Å². The summed E-state index contributed by atoms with van der Waals surface area (Å²) in [6.45, 7) is 2.02. The average molecular weight is 295 g/mol. The topological polar surface area (TPSA) is 66.5 Å². The summed E-state index contributed by atoms with van der Waals surface area (Å²) in [7, 11) is 0. The molecule has 0 aromatic heterocycles. The highest BCUT2D eigenvalue weighted by molar-refractivity contribution is 6.30. The van der Waals surface area contributed by atoms with E-state index in [0.717, 1.165) is 10.5 Å². The van der Waals surface area contributed by atoms with E-state index in [4.69, 9.17) is 11.6 Å². The van der Waals surface area contributed by atoms with Crippen molar-refractivity contribution in [3.05, 3.63) is 34.9 Å². The molecule has 0 bridgehead atoms. The van der Waals surface area contributed by atoms with Crippen LogP contribution in [0.4, 0.5) is 4.79 Å². The maximum Gasteiger partial charge on any atom is 0.331 e. The Morgan fingerprint density at radius 1 is 1.20 bits per heavy atom. The zero-order chi connectivity index (χ0) is 14.7. The molecule has 1 aromatic rings. The van der Waals surface area contributed by atoms with Crippen LogP contribution >= 0.6 is 11.6 Å². The Labute approximate surface area is 121 Å². The fourth-order valence-electron chi connectivity index (χ4n) is 2.13. The molecule has 1 atom stereocenters. The maximum absolute atomic E-state index is 12.2. The van der Waals surface area contributed by atoms with E-state index in [1.54, 1.807) is 24.3 Å². The van der Waals surface area contributed by atoms with E-state index < -0.39 is 23.8 Å². The van der Waals surface area contributed by atoms with Crippen LogP contribution in [0.15, 0.2) is 24.3 Å². The summed E-state index contributed by atoms with van der Waals surface area (Å²) < 4.78 is 0. The molecule has 1 aliphatic heterocycles. The number of hydrogen-bond acceptors (Lipinski definition) is 3. The maximum atomic E-state index is 12.2. The van der Waals surface area contributed by atoms with E-state index >= 15 is 0 Å². The molecule has 1 fully saturated rings. The van der Waals surface area contributed by atoms with Crippen LogP contribution in [0.3, 0.4) is 0 Å². The first kappa shape index (κ1) is 14.5. The Morgan fingerprint density at radius 3 is 2.45 bits per heavy atom. The standard InChI is InChI=1S/C14H15ClN2O3/c1-2-3-11-12(18)16-14(20)17(13(11)19)8-9-4-6-10(15)7-5-9/h4-7,11H,2-3,8H2,1H3,(H,16,18,20). The highest BCUT2D eigenvalue weighted by atomic mass is 35.5. The van der Waals surface area contributed by atoms with Crippen molar-refractivity contribution in [2.45, 2.75) is 26.3 Å². The predicted molar refractivity (Wildman–Crippen MR) is 73.9 cm³/mol. The molecule has 1 aromatic carbocycles. The Bertz CT molecular complexity index is 542. The van der Waals surface area contributed by atoms with Crippen molar-refractivity contribution in [1.82, 2.24) is 10.2 Å². The van der Waals surface area contributed by atoms with Crippen molar-refractivity contribution in [1.29, 1.82) is 0 Å². The molecular weight excluding hydrogens is 280 g/mol. The fourth-order valence-corrected chi connectivity index (χ4v) is 2.25. The van der Waals surface area contributed by atoms with Crippen LogP contribution in [0.5, 0.6) is 0 Å². The number of amides is 4. The fraction of sp³-hybridized carbons (Fsp3) is 0.357. The van der Waals surface area contributed by atoms with Crippen LogP contribution in [-0.2, 0) is 16.1 Å². The van der Waals surface area contributed by atoms with Crippen LogP contribution in [0.25, 0.3) is 0 Å². The van der Waals surface area contributed by atoms with E-state index in [1.165, 1.54) is 0 Å². The van der Waals surface area contributed by atoms with Gasteiger partial charge in [0.05, 0.1) is 6.54 Å². The number of nitrogens with zero attached hydrogens (tertiary/aromatic N) is 1. The van der Waals surface area contributed by atoms with Gasteiger partial charge in [-0.1, -0.05) is 37.1 Å². The third kappa shape index (κ3) is 2.99. The molecule has 0 radical (unpaired) electrons. The number of carbonyl (C=O) groups excluding carboxylic acids is 3. The molecular formula is C14H15ClN2O3. The number of nitrogens with one attached hydrogen (secondary N) is 1. The van der Waals surface area contributed by atoms with Gasteiger partial charge in [-0.05, 0) is 24.1 Å². The van der Waals surface area contributed by atoms with Crippen molar-refractivity contribution in [2.24, 2.45) is 5.92 Å². The molecule has 1 saturated heterocycles. The second-order valence-corrected chi connectivity index (χ2v) is 5.12. The van der Waals surface area contributed by atoms with Crippen LogP contribution < -0.4 is 5.32 Å². The normalized spacial score (nSPS) is 19.2. The number of imide groups is 2. The van der Waals surface area contributed by atoms with Crippen LogP contribution in [0, 0.1) is 5.92 Å². The number of benzene rings is 1. The minimum atomic E-state index is -0.773. The first-order valence-electron chi connectivity index (χ1n) is 6.43. The summed E-state index contributed by atoms with van der Waals surface area (Å²) >= 11 is 5.79. The van der Waals surface area contributed by atoms with Gasteiger partial charge in [-0.3, -0.25) is 19.8 Å². The largest absolute Gasteiger partial charge is 0.331 e. The summed E-state index contributed by atoms with van der Waals surface area (Å²) in [4.78, 5) is 36.7. The second kappa shape index (κ2) is 6.05. The number of barbiturate groups is 1. The minimum Gasteiger partial charge on any atom is -0.277 e. The van der Waals surface area contributed by atoms with E-state index in [0.29, 0.717) is 17.9 Å². The molecule has 1 N–H and O–H groups in total. The van der Waals surface area contributed by atoms with E-state index in [1.807, 2.05) is 6.92 Å². The molecule has 4 amide bonds. The molecule has 20 heavy (non-hydrogen) atoms. The van der Waals surface area contributed by atoms with Gasteiger partial charge in [-0.15, -0.1) is 0 Å². The smallest absolute Gasteiger partial charge is 0.277 e. The summed E-state index contributed by atoms with van der Waals surface area (Å²) in [5, 5.41) is 2.81. The molecule has 1 aliphatic rings. The summed E-state index contributed by atoms with van der Waals surface area (Å²) in [6.07, 6.45) is 1.14. The molecule has 6 heteroatoms. The molecule has 1 heterocycles. The quantitative estimate of drug-likeness (QED) is 0.867. The highest BCUT2D eigenvalue weighted by Gasteiger charge is 2.39. The summed E-state index contributed by atoms with van der Waals surface area (Å²) in [5.41, 5.74) is 0.780. The number of carbonyl (C=O) groups is 3.